The van der Waals surface area contributed by atoms with Gasteiger partial charge in [-0.3, -0.25) is 0 Å². The van der Waals surface area contributed by atoms with Crippen molar-refractivity contribution in [1.82, 2.24) is 0 Å². The van der Waals surface area contributed by atoms with Gasteiger partial charge in [-0.15, -0.1) is 0 Å². The van der Waals surface area contributed by atoms with Gasteiger partial charge in [0, 0.05) is 12.0 Å². The van der Waals surface area contributed by atoms with Crippen LogP contribution < -0.4 is 0 Å². The summed E-state index contributed by atoms with van der Waals surface area (Å²) in [5.41, 5.74) is 1.11. The minimum Gasteiger partial charge on any atom is -0.462 e. The molecular weight excluding hydrogens is 560 g/mol. The SMILES string of the molecule is C=CC(=O)OCC(CCC[C@H]1CC[C@@]2(C)[C@@H](CC[C@@H]3[C@@H]2CC[C@]2(C)[C@@H]([C@H](C)CCCC(C)C)CC[C@@H]32)C1)COC(=O)C(=C)CO. The Bertz CT molecular complexity index is 1020. The first kappa shape index (κ1) is 36.2. The van der Waals surface area contributed by atoms with Crippen molar-refractivity contribution in [2.45, 2.75) is 131 Å². The van der Waals surface area contributed by atoms with Crippen LogP contribution in [0.4, 0.5) is 0 Å². The molecular formula is C40H66O5. The van der Waals surface area contributed by atoms with Crippen LogP contribution >= 0.6 is 0 Å². The molecule has 0 heterocycles. The summed E-state index contributed by atoms with van der Waals surface area (Å²) in [6.07, 6.45) is 21.2. The maximum atomic E-state index is 12.0. The number of hydrogen-bond acceptors (Lipinski definition) is 5. The van der Waals surface area contributed by atoms with E-state index in [1.807, 2.05) is 0 Å². The van der Waals surface area contributed by atoms with Gasteiger partial charge in [0.05, 0.1) is 25.4 Å². The molecule has 45 heavy (non-hydrogen) atoms. The normalized spacial score (nSPS) is 35.4. The Labute approximate surface area is 275 Å². The Kier molecular flexibility index (Phi) is 12.9. The lowest BCUT2D eigenvalue weighted by atomic mass is 9.44. The van der Waals surface area contributed by atoms with E-state index in [0.29, 0.717) is 10.8 Å². The molecule has 0 aromatic carbocycles. The van der Waals surface area contributed by atoms with Crippen molar-refractivity contribution in [3.05, 3.63) is 24.8 Å². The summed E-state index contributed by atoms with van der Waals surface area (Å²) in [7, 11) is 0. The minimum atomic E-state index is -0.591. The molecule has 0 aromatic rings. The van der Waals surface area contributed by atoms with Crippen molar-refractivity contribution in [1.29, 1.82) is 0 Å². The molecule has 10 atom stereocenters. The largest absolute Gasteiger partial charge is 0.462 e. The highest BCUT2D eigenvalue weighted by atomic mass is 16.5. The second kappa shape index (κ2) is 16.0. The molecule has 4 aliphatic carbocycles. The zero-order chi connectivity index (χ0) is 32.8. The molecule has 0 amide bonds. The second-order valence-electron chi connectivity index (χ2n) is 16.8. The first-order valence-corrected chi connectivity index (χ1v) is 18.7. The zero-order valence-electron chi connectivity index (χ0n) is 29.5. The van der Waals surface area contributed by atoms with Crippen molar-refractivity contribution < 1.29 is 24.2 Å². The molecule has 5 nitrogen and oxygen atoms in total. The zero-order valence-corrected chi connectivity index (χ0v) is 29.5. The molecule has 1 N–H and O–H groups in total. The molecule has 0 spiro atoms. The molecule has 4 aliphatic rings. The number of esters is 2. The number of rotatable bonds is 16. The molecule has 256 valence electrons. The van der Waals surface area contributed by atoms with Gasteiger partial charge < -0.3 is 14.6 Å². The second-order valence-corrected chi connectivity index (χ2v) is 16.8. The van der Waals surface area contributed by atoms with Gasteiger partial charge in [0.1, 0.15) is 0 Å². The molecule has 0 saturated heterocycles. The third kappa shape index (κ3) is 8.46. The fraction of sp³-hybridized carbons (Fsp3) is 0.850. The van der Waals surface area contributed by atoms with Crippen molar-refractivity contribution in [3.8, 4) is 0 Å². The molecule has 5 heteroatoms. The summed E-state index contributed by atoms with van der Waals surface area (Å²) >= 11 is 0. The highest BCUT2D eigenvalue weighted by Crippen LogP contribution is 2.68. The van der Waals surface area contributed by atoms with E-state index in [4.69, 9.17) is 14.6 Å². The van der Waals surface area contributed by atoms with Crippen molar-refractivity contribution in [3.63, 3.8) is 0 Å². The summed E-state index contributed by atoms with van der Waals surface area (Å²) in [5.74, 6) is 5.91. The third-order valence-electron chi connectivity index (χ3n) is 13.8. The first-order chi connectivity index (χ1) is 21.4. The van der Waals surface area contributed by atoms with Crippen molar-refractivity contribution in [2.24, 2.45) is 64.1 Å². The van der Waals surface area contributed by atoms with Crippen LogP contribution in [0.3, 0.4) is 0 Å². The predicted octanol–water partition coefficient (Wildman–Crippen LogP) is 9.33. The molecule has 0 bridgehead atoms. The van der Waals surface area contributed by atoms with Gasteiger partial charge in [-0.25, -0.2) is 9.59 Å². The van der Waals surface area contributed by atoms with Crippen LogP contribution in [-0.4, -0.2) is 36.9 Å². The van der Waals surface area contributed by atoms with Gasteiger partial charge in [0.25, 0.3) is 0 Å². The first-order valence-electron chi connectivity index (χ1n) is 18.7. The number of carbonyl (C=O) groups is 2. The average molecular weight is 627 g/mol. The van der Waals surface area contributed by atoms with E-state index in [-0.39, 0.29) is 24.7 Å². The van der Waals surface area contributed by atoms with E-state index < -0.39 is 18.5 Å². The Balaban J connectivity index is 1.29. The van der Waals surface area contributed by atoms with E-state index >= 15 is 0 Å². The third-order valence-corrected chi connectivity index (χ3v) is 13.8. The van der Waals surface area contributed by atoms with E-state index in [1.165, 1.54) is 83.5 Å². The van der Waals surface area contributed by atoms with Gasteiger partial charge in [-0.05, 0) is 122 Å². The van der Waals surface area contributed by atoms with Gasteiger partial charge in [0.15, 0.2) is 0 Å². The van der Waals surface area contributed by atoms with Crippen molar-refractivity contribution >= 4 is 11.9 Å². The maximum absolute atomic E-state index is 12.0. The summed E-state index contributed by atoms with van der Waals surface area (Å²) < 4.78 is 10.7. The number of aliphatic hydroxyl groups excluding tert-OH is 1. The van der Waals surface area contributed by atoms with Gasteiger partial charge >= 0.3 is 11.9 Å². The molecule has 0 radical (unpaired) electrons. The van der Waals surface area contributed by atoms with E-state index in [9.17, 15) is 9.59 Å². The lowest BCUT2D eigenvalue weighted by Crippen LogP contribution is -2.53. The molecule has 4 saturated carbocycles. The lowest BCUT2D eigenvalue weighted by molar-refractivity contribution is -0.144. The Morgan fingerprint density at radius 1 is 0.889 bits per heavy atom. The molecule has 1 unspecified atom stereocenters. The fourth-order valence-electron chi connectivity index (χ4n) is 11.2. The molecule has 0 aromatic heterocycles. The molecule has 0 aliphatic heterocycles. The number of aliphatic hydroxyl groups is 1. The smallest absolute Gasteiger partial charge is 0.335 e. The van der Waals surface area contributed by atoms with Crippen LogP contribution in [0.25, 0.3) is 0 Å². The van der Waals surface area contributed by atoms with Gasteiger partial charge in [0.2, 0.25) is 0 Å². The number of fused-ring (bicyclic) bond motifs is 5. The summed E-state index contributed by atoms with van der Waals surface area (Å²) in [5, 5.41) is 9.17. The minimum absolute atomic E-state index is 0.0406. The highest BCUT2D eigenvalue weighted by Gasteiger charge is 2.60. The topological polar surface area (TPSA) is 72.8 Å². The van der Waals surface area contributed by atoms with E-state index in [1.54, 1.807) is 0 Å². The maximum Gasteiger partial charge on any atom is 0.335 e. The van der Waals surface area contributed by atoms with Crippen molar-refractivity contribution in [2.75, 3.05) is 19.8 Å². The Hall–Kier alpha value is -1.62. The quantitative estimate of drug-likeness (QED) is 0.137. The molecule has 4 fully saturated rings. The predicted molar refractivity (Wildman–Crippen MR) is 182 cm³/mol. The number of carbonyl (C=O) groups excluding carboxylic acids is 2. The average Bonchev–Trinajstić information content (AvgIpc) is 3.38. The number of hydrogen-bond donors (Lipinski definition) is 1. The summed E-state index contributed by atoms with van der Waals surface area (Å²) in [4.78, 5) is 23.7. The van der Waals surface area contributed by atoms with Crippen LogP contribution in [0.15, 0.2) is 24.8 Å². The summed E-state index contributed by atoms with van der Waals surface area (Å²) in [6.45, 7) is 19.7. The van der Waals surface area contributed by atoms with E-state index in [2.05, 4.69) is 47.8 Å². The Morgan fingerprint density at radius 3 is 2.31 bits per heavy atom. The van der Waals surface area contributed by atoms with Gasteiger partial charge in [-0.1, -0.05) is 79.9 Å². The monoisotopic (exact) mass is 626 g/mol. The van der Waals surface area contributed by atoms with Crippen LogP contribution in [0.5, 0.6) is 0 Å². The Morgan fingerprint density at radius 2 is 1.60 bits per heavy atom. The number of ether oxygens (including phenoxy) is 2. The highest BCUT2D eigenvalue weighted by molar-refractivity contribution is 5.87. The summed E-state index contributed by atoms with van der Waals surface area (Å²) in [6, 6.07) is 0. The van der Waals surface area contributed by atoms with Gasteiger partial charge in [-0.2, -0.15) is 0 Å². The van der Waals surface area contributed by atoms with Crippen LogP contribution in [-0.2, 0) is 19.1 Å². The molecule has 4 rings (SSSR count). The van der Waals surface area contributed by atoms with Crippen LogP contribution in [0.2, 0.25) is 0 Å². The van der Waals surface area contributed by atoms with Crippen LogP contribution in [0, 0.1) is 64.1 Å². The lowest BCUT2D eigenvalue weighted by Gasteiger charge is -2.61. The fourth-order valence-corrected chi connectivity index (χ4v) is 11.2. The standard InChI is InChI=1S/C40H66O5/c1-8-37(42)44-25-31(26-45-38(43)29(5)24-41)14-10-13-30-19-21-39(6)32(23-30)15-16-33-35-18-17-34(28(4)12-9-11-27(2)3)40(35,7)22-20-36(33)39/h8,27-28,30-36,41H,1,5,9-26H2,2-4,6-7H3/t28-,30+,31?,32+,33+,34-,35+,36+,39+,40-/m1/s1. The van der Waals surface area contributed by atoms with E-state index in [0.717, 1.165) is 66.3 Å². The van der Waals surface area contributed by atoms with Crippen LogP contribution in [0.1, 0.15) is 131 Å².